The number of furan rings is 1. The summed E-state index contributed by atoms with van der Waals surface area (Å²) < 4.78 is 6.28. The second kappa shape index (κ2) is 9.58. The molecule has 2 aromatic heterocycles. The van der Waals surface area contributed by atoms with Gasteiger partial charge in [-0.15, -0.1) is 0 Å². The van der Waals surface area contributed by atoms with Gasteiger partial charge in [0, 0.05) is 16.3 Å². The van der Waals surface area contributed by atoms with E-state index in [-0.39, 0.29) is 0 Å². The highest BCUT2D eigenvalue weighted by Crippen LogP contribution is 2.41. The molecule has 0 aliphatic carbocycles. The van der Waals surface area contributed by atoms with Gasteiger partial charge in [-0.25, -0.2) is 15.0 Å². The quantitative estimate of drug-likeness (QED) is 0.201. The van der Waals surface area contributed by atoms with E-state index in [9.17, 15) is 0 Å². The molecule has 9 rings (SSSR count). The smallest absolute Gasteiger partial charge is 0.167 e. The third-order valence-electron chi connectivity index (χ3n) is 8.64. The van der Waals surface area contributed by atoms with Gasteiger partial charge in [0.2, 0.25) is 0 Å². The van der Waals surface area contributed by atoms with Crippen LogP contribution in [-0.2, 0) is 0 Å². The zero-order valence-corrected chi connectivity index (χ0v) is 24.0. The van der Waals surface area contributed by atoms with E-state index in [1.807, 2.05) is 30.3 Å². The van der Waals surface area contributed by atoms with Crippen molar-refractivity contribution in [3.63, 3.8) is 0 Å². The Bertz CT molecular complexity index is 2580. The Hall–Kier alpha value is -5.87. The molecule has 0 unspecified atom stereocenters. The second-order valence-corrected chi connectivity index (χ2v) is 11.3. The van der Waals surface area contributed by atoms with Crippen LogP contribution in [-0.4, -0.2) is 15.0 Å². The van der Waals surface area contributed by atoms with E-state index in [1.165, 1.54) is 43.4 Å². The Kier molecular flexibility index (Phi) is 5.38. The molecule has 0 N–H and O–H groups in total. The normalized spacial score (nSPS) is 11.8. The van der Waals surface area contributed by atoms with Crippen molar-refractivity contribution < 1.29 is 4.42 Å². The molecule has 4 heteroatoms. The molecule has 0 fully saturated rings. The third-order valence-corrected chi connectivity index (χ3v) is 8.64. The molecule has 2 heterocycles. The molecule has 44 heavy (non-hydrogen) atoms. The highest BCUT2D eigenvalue weighted by atomic mass is 16.3. The molecule has 9 aromatic rings. The molecule has 0 bridgehead atoms. The summed E-state index contributed by atoms with van der Waals surface area (Å²) >= 11 is 0. The first-order chi connectivity index (χ1) is 21.7. The van der Waals surface area contributed by atoms with Crippen molar-refractivity contribution in [3.05, 3.63) is 139 Å². The lowest BCUT2D eigenvalue weighted by molar-refractivity contribution is 0.669. The maximum Gasteiger partial charge on any atom is 0.167 e. The van der Waals surface area contributed by atoms with Crippen molar-refractivity contribution in [2.45, 2.75) is 6.92 Å². The van der Waals surface area contributed by atoms with E-state index < -0.39 is 0 Å². The van der Waals surface area contributed by atoms with Gasteiger partial charge in [0.25, 0.3) is 0 Å². The summed E-state index contributed by atoms with van der Waals surface area (Å²) in [5, 5.41) is 9.71. The maximum absolute atomic E-state index is 6.28. The van der Waals surface area contributed by atoms with Crippen molar-refractivity contribution in [3.8, 4) is 33.9 Å². The minimum absolute atomic E-state index is 0.587. The number of rotatable bonds is 3. The van der Waals surface area contributed by atoms with Crippen molar-refractivity contribution in [2.24, 2.45) is 0 Å². The summed E-state index contributed by atoms with van der Waals surface area (Å²) in [4.78, 5) is 14.1. The van der Waals surface area contributed by atoms with E-state index in [2.05, 4.69) is 114 Å². The Balaban J connectivity index is 1.23. The Labute approximate surface area is 253 Å². The van der Waals surface area contributed by atoms with Crippen molar-refractivity contribution in [1.82, 2.24) is 15.0 Å². The first-order valence-electron chi connectivity index (χ1n) is 14.8. The highest BCUT2D eigenvalue weighted by Gasteiger charge is 2.17. The van der Waals surface area contributed by atoms with Gasteiger partial charge >= 0.3 is 0 Å². The maximum atomic E-state index is 6.28. The summed E-state index contributed by atoms with van der Waals surface area (Å²) in [5.74, 6) is 1.21. The topological polar surface area (TPSA) is 51.8 Å². The number of benzene rings is 7. The van der Waals surface area contributed by atoms with Gasteiger partial charge in [-0.1, -0.05) is 109 Å². The third kappa shape index (κ3) is 3.74. The molecular formula is C40H25N3O. The molecule has 4 nitrogen and oxygen atoms in total. The molecular weight excluding hydrogens is 538 g/mol. The summed E-state index contributed by atoms with van der Waals surface area (Å²) in [6, 6.07) is 44.8. The molecule has 0 saturated heterocycles. The Morgan fingerprint density at radius 2 is 1.11 bits per heavy atom. The largest absolute Gasteiger partial charge is 0.455 e. The van der Waals surface area contributed by atoms with Gasteiger partial charge in [-0.05, 0) is 74.1 Å². The number of fused-ring (bicyclic) bond motifs is 9. The van der Waals surface area contributed by atoms with E-state index >= 15 is 0 Å². The zero-order valence-electron chi connectivity index (χ0n) is 24.0. The minimum atomic E-state index is 0.587. The Morgan fingerprint density at radius 3 is 1.95 bits per heavy atom. The lowest BCUT2D eigenvalue weighted by atomic mass is 9.88. The standard InChI is InChI=1S/C40H25N3O/c1-24-20-34(37-31-16-5-4-13-28(31)27-12-2-3-14-29(27)35(37)21-24)25-10-8-11-26(22-25)39-41-23-42-40(43-39)33-18-9-17-32-30-15-6-7-19-36(30)44-38(32)33/h2-23H,1H3. The van der Waals surface area contributed by atoms with Crippen LogP contribution < -0.4 is 0 Å². The van der Waals surface area contributed by atoms with Crippen LogP contribution in [0.3, 0.4) is 0 Å². The number of hydrogen-bond acceptors (Lipinski definition) is 4. The van der Waals surface area contributed by atoms with Crippen LogP contribution in [0.1, 0.15) is 5.56 Å². The number of hydrogen-bond donors (Lipinski definition) is 0. The van der Waals surface area contributed by atoms with Crippen LogP contribution in [0.2, 0.25) is 0 Å². The number of aromatic nitrogens is 3. The molecule has 0 atom stereocenters. The molecule has 0 radical (unpaired) electrons. The van der Waals surface area contributed by atoms with E-state index in [0.717, 1.165) is 38.6 Å². The van der Waals surface area contributed by atoms with Gasteiger partial charge in [-0.3, -0.25) is 0 Å². The van der Waals surface area contributed by atoms with E-state index in [1.54, 1.807) is 6.33 Å². The minimum Gasteiger partial charge on any atom is -0.455 e. The lowest BCUT2D eigenvalue weighted by Gasteiger charge is -2.16. The van der Waals surface area contributed by atoms with Crippen LogP contribution in [0.15, 0.2) is 138 Å². The zero-order chi connectivity index (χ0) is 29.2. The molecule has 0 aliphatic rings. The molecule has 0 saturated carbocycles. The number of nitrogens with zero attached hydrogens (tertiary/aromatic N) is 3. The van der Waals surface area contributed by atoms with Crippen LogP contribution >= 0.6 is 0 Å². The summed E-state index contributed by atoms with van der Waals surface area (Å²) in [6.07, 6.45) is 1.59. The molecule has 0 spiro atoms. The summed E-state index contributed by atoms with van der Waals surface area (Å²) in [7, 11) is 0. The van der Waals surface area contributed by atoms with Crippen LogP contribution in [0, 0.1) is 6.92 Å². The van der Waals surface area contributed by atoms with Crippen LogP contribution in [0.5, 0.6) is 0 Å². The average molecular weight is 564 g/mol. The molecule has 0 amide bonds. The van der Waals surface area contributed by atoms with E-state index in [4.69, 9.17) is 9.40 Å². The fourth-order valence-corrected chi connectivity index (χ4v) is 6.72. The summed E-state index contributed by atoms with van der Waals surface area (Å²) in [5.41, 5.74) is 6.96. The van der Waals surface area contributed by atoms with Gasteiger partial charge in [0.1, 0.15) is 17.5 Å². The fraction of sp³-hybridized carbons (Fsp3) is 0.0250. The van der Waals surface area contributed by atoms with Gasteiger partial charge in [0.15, 0.2) is 11.6 Å². The van der Waals surface area contributed by atoms with Gasteiger partial charge in [0.05, 0.1) is 5.56 Å². The monoisotopic (exact) mass is 563 g/mol. The lowest BCUT2D eigenvalue weighted by Crippen LogP contribution is -1.96. The van der Waals surface area contributed by atoms with Crippen molar-refractivity contribution >= 4 is 54.3 Å². The number of aryl methyl sites for hydroxylation is 1. The second-order valence-electron chi connectivity index (χ2n) is 11.3. The van der Waals surface area contributed by atoms with Crippen molar-refractivity contribution in [2.75, 3.05) is 0 Å². The SMILES string of the molecule is Cc1cc(-c2cccc(-c3ncnc(-c4cccc5c4oc4ccccc45)n3)c2)c2c3ccccc3c3ccccc3c2c1. The molecule has 206 valence electrons. The predicted octanol–water partition coefficient (Wildman–Crippen LogP) is 10.5. The van der Waals surface area contributed by atoms with Crippen LogP contribution in [0.25, 0.3) is 88.2 Å². The van der Waals surface area contributed by atoms with Crippen LogP contribution in [0.4, 0.5) is 0 Å². The molecule has 0 aliphatic heterocycles. The first kappa shape index (κ1) is 24.7. The molecule has 7 aromatic carbocycles. The van der Waals surface area contributed by atoms with E-state index in [0.29, 0.717) is 11.6 Å². The van der Waals surface area contributed by atoms with Crippen molar-refractivity contribution in [1.29, 1.82) is 0 Å². The summed E-state index contributed by atoms with van der Waals surface area (Å²) in [6.45, 7) is 2.17. The average Bonchev–Trinajstić information content (AvgIpc) is 3.47. The fourth-order valence-electron chi connectivity index (χ4n) is 6.72. The highest BCUT2D eigenvalue weighted by molar-refractivity contribution is 6.28. The predicted molar refractivity (Wildman–Crippen MR) is 181 cm³/mol. The van der Waals surface area contributed by atoms with Gasteiger partial charge < -0.3 is 4.42 Å². The first-order valence-corrected chi connectivity index (χ1v) is 14.8. The van der Waals surface area contributed by atoms with Gasteiger partial charge in [-0.2, -0.15) is 0 Å². The number of para-hydroxylation sites is 2. The Morgan fingerprint density at radius 1 is 0.477 bits per heavy atom.